The summed E-state index contributed by atoms with van der Waals surface area (Å²) in [5.41, 5.74) is 2.30. The molecule has 0 aliphatic rings. The van der Waals surface area contributed by atoms with Gasteiger partial charge in [-0.15, -0.1) is 0 Å². The molecule has 0 aliphatic heterocycles. The van der Waals surface area contributed by atoms with Crippen LogP contribution in [-0.2, 0) is 26.2 Å². The molecule has 1 N–H and O–H groups in total. The SMILES string of the molecule is CCCNC(=O)C(C)N(Cc1ccc(C)cc1)C(=O)CN(c1ccc(I)cc1)S(=O)(=O)c1ccccc1. The van der Waals surface area contributed by atoms with Crippen molar-refractivity contribution in [1.29, 1.82) is 0 Å². The molecule has 0 saturated heterocycles. The number of carbonyl (C=O) groups excluding carboxylic acids is 2. The smallest absolute Gasteiger partial charge is 0.264 e. The average Bonchev–Trinajstić information content (AvgIpc) is 2.90. The Kier molecular flexibility index (Phi) is 10.1. The quantitative estimate of drug-likeness (QED) is 0.310. The van der Waals surface area contributed by atoms with Gasteiger partial charge in [0.25, 0.3) is 10.0 Å². The molecule has 0 heterocycles. The molecule has 0 radical (unpaired) electrons. The van der Waals surface area contributed by atoms with E-state index >= 15 is 0 Å². The molecule has 3 rings (SSSR count). The van der Waals surface area contributed by atoms with Crippen LogP contribution in [0.1, 0.15) is 31.4 Å². The summed E-state index contributed by atoms with van der Waals surface area (Å²) in [6, 6.07) is 21.9. The summed E-state index contributed by atoms with van der Waals surface area (Å²) in [6.45, 7) is 5.81. The molecular formula is C28H32IN3O4S. The van der Waals surface area contributed by atoms with Crippen LogP contribution in [0.4, 0.5) is 5.69 Å². The molecule has 9 heteroatoms. The van der Waals surface area contributed by atoms with Gasteiger partial charge in [0, 0.05) is 16.7 Å². The van der Waals surface area contributed by atoms with Crippen molar-refractivity contribution < 1.29 is 18.0 Å². The van der Waals surface area contributed by atoms with Crippen molar-refractivity contribution in [3.05, 3.63) is 93.6 Å². The van der Waals surface area contributed by atoms with Crippen LogP contribution in [0.3, 0.4) is 0 Å². The van der Waals surface area contributed by atoms with Gasteiger partial charge in [-0.1, -0.05) is 55.0 Å². The van der Waals surface area contributed by atoms with Crippen molar-refractivity contribution in [2.24, 2.45) is 0 Å². The van der Waals surface area contributed by atoms with E-state index in [0.29, 0.717) is 12.2 Å². The molecule has 7 nitrogen and oxygen atoms in total. The van der Waals surface area contributed by atoms with Crippen LogP contribution in [0.15, 0.2) is 83.8 Å². The molecule has 196 valence electrons. The molecule has 0 bridgehead atoms. The lowest BCUT2D eigenvalue weighted by atomic mass is 10.1. The first-order valence-electron chi connectivity index (χ1n) is 12.1. The van der Waals surface area contributed by atoms with Crippen molar-refractivity contribution in [3.8, 4) is 0 Å². The van der Waals surface area contributed by atoms with Gasteiger partial charge in [-0.3, -0.25) is 13.9 Å². The maximum Gasteiger partial charge on any atom is 0.264 e. The number of nitrogens with one attached hydrogen (secondary N) is 1. The Balaban J connectivity index is 1.99. The highest BCUT2D eigenvalue weighted by molar-refractivity contribution is 14.1. The van der Waals surface area contributed by atoms with Gasteiger partial charge in [0.15, 0.2) is 0 Å². The van der Waals surface area contributed by atoms with E-state index < -0.39 is 28.5 Å². The Morgan fingerprint density at radius 1 is 0.946 bits per heavy atom. The lowest BCUT2D eigenvalue weighted by Crippen LogP contribution is -2.51. The minimum Gasteiger partial charge on any atom is -0.354 e. The van der Waals surface area contributed by atoms with Crippen LogP contribution in [0, 0.1) is 10.5 Å². The average molecular weight is 634 g/mol. The molecule has 1 atom stereocenters. The number of sulfonamides is 1. The molecular weight excluding hydrogens is 601 g/mol. The van der Waals surface area contributed by atoms with Crippen molar-refractivity contribution in [1.82, 2.24) is 10.2 Å². The lowest BCUT2D eigenvalue weighted by Gasteiger charge is -2.32. The molecule has 3 aromatic carbocycles. The van der Waals surface area contributed by atoms with Gasteiger partial charge in [0.05, 0.1) is 10.6 Å². The third-order valence-electron chi connectivity index (χ3n) is 5.91. The standard InChI is InChI=1S/C28H32IN3O4S/c1-4-18-30-28(34)22(3)31(19-23-12-10-21(2)11-13-23)27(33)20-32(25-16-14-24(29)15-17-25)37(35,36)26-8-6-5-7-9-26/h5-17,22H,4,18-20H2,1-3H3,(H,30,34). The zero-order valence-corrected chi connectivity index (χ0v) is 24.2. The molecule has 0 spiro atoms. The first kappa shape index (κ1) is 28.6. The maximum absolute atomic E-state index is 13.8. The minimum atomic E-state index is -4.05. The van der Waals surface area contributed by atoms with Gasteiger partial charge in [0.2, 0.25) is 11.8 Å². The van der Waals surface area contributed by atoms with E-state index in [0.717, 1.165) is 25.4 Å². The molecule has 3 aromatic rings. The third kappa shape index (κ3) is 7.54. The van der Waals surface area contributed by atoms with Crippen LogP contribution in [-0.4, -0.2) is 44.3 Å². The fraction of sp³-hybridized carbons (Fsp3) is 0.286. The Morgan fingerprint density at radius 2 is 1.57 bits per heavy atom. The van der Waals surface area contributed by atoms with E-state index in [-0.39, 0.29) is 17.3 Å². The number of aryl methyl sites for hydroxylation is 1. The third-order valence-corrected chi connectivity index (χ3v) is 8.42. The normalized spacial score (nSPS) is 12.0. The number of rotatable bonds is 11. The van der Waals surface area contributed by atoms with Crippen molar-refractivity contribution in [3.63, 3.8) is 0 Å². The summed E-state index contributed by atoms with van der Waals surface area (Å²) >= 11 is 2.14. The number of hydrogen-bond donors (Lipinski definition) is 1. The number of halogens is 1. The molecule has 0 saturated carbocycles. The number of nitrogens with zero attached hydrogens (tertiary/aromatic N) is 2. The van der Waals surface area contributed by atoms with E-state index in [1.807, 2.05) is 38.1 Å². The second kappa shape index (κ2) is 13.0. The minimum absolute atomic E-state index is 0.0835. The fourth-order valence-electron chi connectivity index (χ4n) is 3.72. The van der Waals surface area contributed by atoms with Gasteiger partial charge in [0.1, 0.15) is 12.6 Å². The topological polar surface area (TPSA) is 86.8 Å². The van der Waals surface area contributed by atoms with Gasteiger partial charge < -0.3 is 10.2 Å². The summed E-state index contributed by atoms with van der Waals surface area (Å²) in [5.74, 6) is -0.758. The number of amides is 2. The largest absolute Gasteiger partial charge is 0.354 e. The summed E-state index contributed by atoms with van der Waals surface area (Å²) in [6.07, 6.45) is 0.764. The molecule has 1 unspecified atom stereocenters. The zero-order valence-electron chi connectivity index (χ0n) is 21.2. The van der Waals surface area contributed by atoms with Crippen LogP contribution in [0.2, 0.25) is 0 Å². The Labute approximate surface area is 233 Å². The van der Waals surface area contributed by atoms with E-state index in [1.165, 1.54) is 17.0 Å². The first-order valence-corrected chi connectivity index (χ1v) is 14.6. The molecule has 37 heavy (non-hydrogen) atoms. The van der Waals surface area contributed by atoms with Crippen LogP contribution in [0.5, 0.6) is 0 Å². The summed E-state index contributed by atoms with van der Waals surface area (Å²) in [5, 5.41) is 2.84. The van der Waals surface area contributed by atoms with E-state index in [9.17, 15) is 18.0 Å². The lowest BCUT2D eigenvalue weighted by molar-refractivity contribution is -0.139. The van der Waals surface area contributed by atoms with Crippen LogP contribution < -0.4 is 9.62 Å². The molecule has 0 aliphatic carbocycles. The Hall–Kier alpha value is -2.92. The van der Waals surface area contributed by atoms with E-state index in [2.05, 4.69) is 27.9 Å². The maximum atomic E-state index is 13.8. The Morgan fingerprint density at radius 3 is 2.16 bits per heavy atom. The number of benzene rings is 3. The van der Waals surface area contributed by atoms with Gasteiger partial charge in [-0.25, -0.2) is 8.42 Å². The van der Waals surface area contributed by atoms with Gasteiger partial charge in [-0.2, -0.15) is 0 Å². The zero-order chi connectivity index (χ0) is 27.0. The second-order valence-electron chi connectivity index (χ2n) is 8.78. The fourth-order valence-corrected chi connectivity index (χ4v) is 5.52. The highest BCUT2D eigenvalue weighted by atomic mass is 127. The first-order chi connectivity index (χ1) is 17.6. The summed E-state index contributed by atoms with van der Waals surface area (Å²) in [4.78, 5) is 28.2. The van der Waals surface area contributed by atoms with Crippen molar-refractivity contribution in [2.45, 2.75) is 44.7 Å². The molecule has 0 aromatic heterocycles. The van der Waals surface area contributed by atoms with Crippen molar-refractivity contribution in [2.75, 3.05) is 17.4 Å². The number of anilines is 1. The molecule has 0 fully saturated rings. The van der Waals surface area contributed by atoms with Gasteiger partial charge in [-0.05, 0) is 84.8 Å². The van der Waals surface area contributed by atoms with Crippen LogP contribution >= 0.6 is 22.6 Å². The predicted octanol–water partition coefficient (Wildman–Crippen LogP) is 4.74. The highest BCUT2D eigenvalue weighted by Gasteiger charge is 2.32. The number of hydrogen-bond acceptors (Lipinski definition) is 4. The number of carbonyl (C=O) groups is 2. The summed E-state index contributed by atoms with van der Waals surface area (Å²) in [7, 11) is -4.05. The van der Waals surface area contributed by atoms with Gasteiger partial charge >= 0.3 is 0 Å². The van der Waals surface area contributed by atoms with E-state index in [4.69, 9.17) is 0 Å². The second-order valence-corrected chi connectivity index (χ2v) is 11.9. The monoisotopic (exact) mass is 633 g/mol. The summed E-state index contributed by atoms with van der Waals surface area (Å²) < 4.78 is 29.4. The Bertz CT molecular complexity index is 1300. The molecule has 2 amide bonds. The highest BCUT2D eigenvalue weighted by Crippen LogP contribution is 2.25. The van der Waals surface area contributed by atoms with Crippen molar-refractivity contribution >= 4 is 50.1 Å². The van der Waals surface area contributed by atoms with E-state index in [1.54, 1.807) is 49.4 Å². The van der Waals surface area contributed by atoms with Crippen LogP contribution in [0.25, 0.3) is 0 Å². The predicted molar refractivity (Wildman–Crippen MR) is 155 cm³/mol.